The monoisotopic (exact) mass is 315 g/mol. The van der Waals surface area contributed by atoms with Gasteiger partial charge in [0.2, 0.25) is 10.0 Å². The second-order valence-electron chi connectivity index (χ2n) is 4.56. The molecule has 0 aromatic heterocycles. The SMILES string of the molecule is CNc1cc(S(=O)(=O)N2CCCOCC2)ccc1[N+](=O)[O-]. The van der Waals surface area contributed by atoms with Gasteiger partial charge in [-0.2, -0.15) is 4.31 Å². The molecule has 1 aliphatic rings. The van der Waals surface area contributed by atoms with E-state index in [0.29, 0.717) is 26.2 Å². The number of nitrogens with one attached hydrogen (secondary N) is 1. The minimum Gasteiger partial charge on any atom is -0.383 e. The van der Waals surface area contributed by atoms with Gasteiger partial charge in [0.15, 0.2) is 0 Å². The number of hydrogen-bond donors (Lipinski definition) is 1. The molecule has 21 heavy (non-hydrogen) atoms. The summed E-state index contributed by atoms with van der Waals surface area (Å²) in [6.07, 6.45) is 0.630. The van der Waals surface area contributed by atoms with E-state index in [4.69, 9.17) is 4.74 Å². The Kier molecular flexibility index (Phi) is 4.76. The van der Waals surface area contributed by atoms with Crippen molar-refractivity contribution in [3.05, 3.63) is 28.3 Å². The van der Waals surface area contributed by atoms with Crippen molar-refractivity contribution in [2.24, 2.45) is 0 Å². The third-order valence-electron chi connectivity index (χ3n) is 3.25. The summed E-state index contributed by atoms with van der Waals surface area (Å²) < 4.78 is 31.7. The molecule has 0 radical (unpaired) electrons. The molecule has 1 heterocycles. The lowest BCUT2D eigenvalue weighted by Crippen LogP contribution is -2.33. The predicted octanol–water partition coefficient (Wildman–Crippen LogP) is 1.05. The Morgan fingerprint density at radius 1 is 1.33 bits per heavy atom. The van der Waals surface area contributed by atoms with E-state index in [9.17, 15) is 18.5 Å². The number of ether oxygens (including phenoxy) is 1. The maximum atomic E-state index is 12.6. The summed E-state index contributed by atoms with van der Waals surface area (Å²) in [5, 5.41) is 13.5. The molecule has 0 unspecified atom stereocenters. The van der Waals surface area contributed by atoms with Crippen molar-refractivity contribution in [2.45, 2.75) is 11.3 Å². The van der Waals surface area contributed by atoms with Crippen LogP contribution in [0.25, 0.3) is 0 Å². The molecule has 8 nitrogen and oxygen atoms in total. The quantitative estimate of drug-likeness (QED) is 0.658. The Balaban J connectivity index is 2.37. The van der Waals surface area contributed by atoms with Crippen LogP contribution in [0.5, 0.6) is 0 Å². The summed E-state index contributed by atoms with van der Waals surface area (Å²) >= 11 is 0. The van der Waals surface area contributed by atoms with Crippen LogP contribution in [0, 0.1) is 10.1 Å². The molecule has 1 aliphatic heterocycles. The molecular weight excluding hydrogens is 298 g/mol. The topological polar surface area (TPSA) is 102 Å². The molecule has 0 saturated carbocycles. The highest BCUT2D eigenvalue weighted by Crippen LogP contribution is 2.28. The lowest BCUT2D eigenvalue weighted by Gasteiger charge is -2.19. The fourth-order valence-electron chi connectivity index (χ4n) is 2.15. The van der Waals surface area contributed by atoms with Crippen molar-refractivity contribution in [3.8, 4) is 0 Å². The van der Waals surface area contributed by atoms with Crippen LogP contribution in [0.3, 0.4) is 0 Å². The third-order valence-corrected chi connectivity index (χ3v) is 5.15. The van der Waals surface area contributed by atoms with Gasteiger partial charge in [-0.3, -0.25) is 10.1 Å². The van der Waals surface area contributed by atoms with Crippen molar-refractivity contribution < 1.29 is 18.1 Å². The van der Waals surface area contributed by atoms with Crippen molar-refractivity contribution >= 4 is 21.4 Å². The summed E-state index contributed by atoms with van der Waals surface area (Å²) in [6.45, 7) is 1.56. The molecule has 1 N–H and O–H groups in total. The zero-order valence-electron chi connectivity index (χ0n) is 11.6. The van der Waals surface area contributed by atoms with E-state index in [1.54, 1.807) is 0 Å². The van der Waals surface area contributed by atoms with Crippen LogP contribution in [0.1, 0.15) is 6.42 Å². The standard InChI is InChI=1S/C12H17N3O5S/c1-13-11-9-10(3-4-12(11)15(16)17)21(18,19)14-5-2-7-20-8-6-14/h3-4,9,13H,2,5-8H2,1H3. The van der Waals surface area contributed by atoms with Crippen LogP contribution in [0.4, 0.5) is 11.4 Å². The van der Waals surface area contributed by atoms with Crippen LogP contribution in [0.2, 0.25) is 0 Å². The fourth-order valence-corrected chi connectivity index (χ4v) is 3.64. The summed E-state index contributed by atoms with van der Waals surface area (Å²) in [4.78, 5) is 10.4. The number of hydrogen-bond acceptors (Lipinski definition) is 6. The summed E-state index contributed by atoms with van der Waals surface area (Å²) in [7, 11) is -2.16. The van der Waals surface area contributed by atoms with Gasteiger partial charge in [0, 0.05) is 32.8 Å². The first-order valence-corrected chi connectivity index (χ1v) is 7.95. The Morgan fingerprint density at radius 2 is 2.10 bits per heavy atom. The smallest absolute Gasteiger partial charge is 0.292 e. The first kappa shape index (κ1) is 15.7. The third kappa shape index (κ3) is 3.31. The van der Waals surface area contributed by atoms with Gasteiger partial charge in [0.25, 0.3) is 5.69 Å². The van der Waals surface area contributed by atoms with E-state index in [2.05, 4.69) is 5.32 Å². The maximum Gasteiger partial charge on any atom is 0.292 e. The van der Waals surface area contributed by atoms with Crippen molar-refractivity contribution in [1.82, 2.24) is 4.31 Å². The number of rotatable bonds is 4. The average molecular weight is 315 g/mol. The average Bonchev–Trinajstić information content (AvgIpc) is 2.75. The molecule has 116 valence electrons. The molecule has 0 atom stereocenters. The number of benzene rings is 1. The van der Waals surface area contributed by atoms with E-state index in [1.165, 1.54) is 29.6 Å². The number of nitrogens with zero attached hydrogens (tertiary/aromatic N) is 2. The lowest BCUT2D eigenvalue weighted by molar-refractivity contribution is -0.384. The van der Waals surface area contributed by atoms with Gasteiger partial charge in [0.1, 0.15) is 5.69 Å². The molecule has 1 saturated heterocycles. The minimum atomic E-state index is -3.67. The molecular formula is C12H17N3O5S. The van der Waals surface area contributed by atoms with Crippen molar-refractivity contribution in [1.29, 1.82) is 0 Å². The molecule has 0 bridgehead atoms. The normalized spacial score (nSPS) is 17.2. The fraction of sp³-hybridized carbons (Fsp3) is 0.500. The van der Waals surface area contributed by atoms with Crippen LogP contribution in [0.15, 0.2) is 23.1 Å². The predicted molar refractivity (Wildman–Crippen MR) is 76.8 cm³/mol. The van der Waals surface area contributed by atoms with Gasteiger partial charge in [-0.05, 0) is 18.6 Å². The highest BCUT2D eigenvalue weighted by molar-refractivity contribution is 7.89. The Bertz CT molecular complexity index is 624. The van der Waals surface area contributed by atoms with Crippen molar-refractivity contribution in [3.63, 3.8) is 0 Å². The first-order valence-electron chi connectivity index (χ1n) is 6.51. The molecule has 0 aliphatic carbocycles. The molecule has 0 amide bonds. The summed E-state index contributed by atoms with van der Waals surface area (Å²) in [5.41, 5.74) is 0.0165. The number of sulfonamides is 1. The number of anilines is 1. The lowest BCUT2D eigenvalue weighted by atomic mass is 10.3. The van der Waals surface area contributed by atoms with Gasteiger partial charge >= 0.3 is 0 Å². The molecule has 0 spiro atoms. The van der Waals surface area contributed by atoms with Crippen LogP contribution >= 0.6 is 0 Å². The van der Waals surface area contributed by atoms with Gasteiger partial charge in [0.05, 0.1) is 16.4 Å². The van der Waals surface area contributed by atoms with Gasteiger partial charge < -0.3 is 10.1 Å². The Hall–Kier alpha value is -1.71. The van der Waals surface area contributed by atoms with E-state index in [1.807, 2.05) is 0 Å². The van der Waals surface area contributed by atoms with Crippen LogP contribution in [-0.2, 0) is 14.8 Å². The molecule has 9 heteroatoms. The second-order valence-corrected chi connectivity index (χ2v) is 6.49. The molecule has 1 aromatic carbocycles. The highest BCUT2D eigenvalue weighted by atomic mass is 32.2. The largest absolute Gasteiger partial charge is 0.383 e. The molecule has 2 rings (SSSR count). The minimum absolute atomic E-state index is 0.0411. The zero-order chi connectivity index (χ0) is 15.5. The Labute approximate surface area is 122 Å². The second kappa shape index (κ2) is 6.37. The van der Waals surface area contributed by atoms with Gasteiger partial charge in [-0.15, -0.1) is 0 Å². The molecule has 1 aromatic rings. The van der Waals surface area contributed by atoms with Crippen LogP contribution < -0.4 is 5.32 Å². The Morgan fingerprint density at radius 3 is 2.76 bits per heavy atom. The maximum absolute atomic E-state index is 12.6. The van der Waals surface area contributed by atoms with E-state index < -0.39 is 14.9 Å². The van der Waals surface area contributed by atoms with E-state index >= 15 is 0 Å². The summed E-state index contributed by atoms with van der Waals surface area (Å²) in [5.74, 6) is 0. The highest BCUT2D eigenvalue weighted by Gasteiger charge is 2.27. The number of nitro groups is 1. The van der Waals surface area contributed by atoms with Crippen molar-refractivity contribution in [2.75, 3.05) is 38.7 Å². The number of nitro benzene ring substituents is 1. The summed E-state index contributed by atoms with van der Waals surface area (Å²) in [6, 6.07) is 3.76. The first-order chi connectivity index (χ1) is 9.96. The van der Waals surface area contributed by atoms with E-state index in [0.717, 1.165) is 0 Å². The van der Waals surface area contributed by atoms with E-state index in [-0.39, 0.29) is 22.8 Å². The molecule has 1 fully saturated rings. The van der Waals surface area contributed by atoms with Crippen LogP contribution in [-0.4, -0.2) is 51.0 Å². The van der Waals surface area contributed by atoms with Gasteiger partial charge in [-0.1, -0.05) is 0 Å². The van der Waals surface area contributed by atoms with Gasteiger partial charge in [-0.25, -0.2) is 8.42 Å². The zero-order valence-corrected chi connectivity index (χ0v) is 12.4.